The third-order valence-corrected chi connectivity index (χ3v) is 6.46. The summed E-state index contributed by atoms with van der Waals surface area (Å²) in [5, 5.41) is 14.0. The summed E-state index contributed by atoms with van der Waals surface area (Å²) in [6.07, 6.45) is 0.875. The number of hydrogen-bond donors (Lipinski definition) is 1. The second kappa shape index (κ2) is 11.0. The van der Waals surface area contributed by atoms with E-state index in [0.29, 0.717) is 54.8 Å². The van der Waals surface area contributed by atoms with Crippen molar-refractivity contribution >= 4 is 29.1 Å². The number of ether oxygens (including phenoxy) is 2. The minimum absolute atomic E-state index is 0.0217. The van der Waals surface area contributed by atoms with Crippen LogP contribution < -0.4 is 14.7 Å². The van der Waals surface area contributed by atoms with Gasteiger partial charge in [0.05, 0.1) is 39.0 Å². The van der Waals surface area contributed by atoms with Crippen LogP contribution in [0.1, 0.15) is 30.5 Å². The summed E-state index contributed by atoms with van der Waals surface area (Å²) in [4.78, 5) is 29.0. The minimum atomic E-state index is -0.749. The van der Waals surface area contributed by atoms with E-state index in [1.165, 1.54) is 9.80 Å². The average molecular weight is 485 g/mol. The number of rotatable bonds is 8. The molecule has 180 valence electrons. The molecule has 2 aliphatic rings. The van der Waals surface area contributed by atoms with Crippen LogP contribution in [-0.4, -0.2) is 62.6 Å². The van der Waals surface area contributed by atoms with Gasteiger partial charge in [-0.3, -0.25) is 9.59 Å². The Morgan fingerprint density at radius 2 is 1.79 bits per heavy atom. The Hall–Kier alpha value is -2.87. The molecule has 8 heteroatoms. The number of likely N-dealkylation sites (tertiary alicyclic amines) is 1. The molecule has 1 amide bonds. The Bertz CT molecular complexity index is 1050. The van der Waals surface area contributed by atoms with E-state index in [1.54, 1.807) is 48.5 Å². The van der Waals surface area contributed by atoms with Crippen molar-refractivity contribution in [3.8, 4) is 5.75 Å². The van der Waals surface area contributed by atoms with Crippen LogP contribution in [0.25, 0.3) is 5.76 Å². The fourth-order valence-corrected chi connectivity index (χ4v) is 4.49. The zero-order valence-electron chi connectivity index (χ0n) is 19.2. The second-order valence-electron chi connectivity index (χ2n) is 8.51. The van der Waals surface area contributed by atoms with Crippen molar-refractivity contribution in [2.45, 2.75) is 19.4 Å². The Morgan fingerprint density at radius 3 is 2.44 bits per heavy atom. The van der Waals surface area contributed by atoms with Gasteiger partial charge in [0, 0.05) is 10.6 Å². The number of carbonyl (C=O) groups excluding carboxylic acids is 2. The first kappa shape index (κ1) is 24.3. The highest BCUT2D eigenvalue weighted by molar-refractivity contribution is 6.46. The number of benzene rings is 2. The minimum Gasteiger partial charge on any atom is -0.872 e. The van der Waals surface area contributed by atoms with E-state index < -0.39 is 23.5 Å². The van der Waals surface area contributed by atoms with E-state index >= 15 is 0 Å². The molecule has 4 rings (SSSR count). The first-order chi connectivity index (χ1) is 16.5. The molecule has 0 saturated carbocycles. The molecule has 7 nitrogen and oxygen atoms in total. The molecule has 2 heterocycles. The van der Waals surface area contributed by atoms with Gasteiger partial charge in [0.15, 0.2) is 0 Å². The van der Waals surface area contributed by atoms with Crippen LogP contribution in [0.5, 0.6) is 5.75 Å². The van der Waals surface area contributed by atoms with Gasteiger partial charge in [-0.05, 0) is 41.8 Å². The molecule has 2 aliphatic heterocycles. The van der Waals surface area contributed by atoms with Gasteiger partial charge in [-0.2, -0.15) is 0 Å². The van der Waals surface area contributed by atoms with Crippen LogP contribution in [0.15, 0.2) is 54.1 Å². The van der Waals surface area contributed by atoms with Crippen molar-refractivity contribution in [3.63, 3.8) is 0 Å². The first-order valence-corrected chi connectivity index (χ1v) is 12.0. The fraction of sp³-hybridized carbons (Fsp3) is 0.385. The lowest BCUT2D eigenvalue weighted by Crippen LogP contribution is -3.14. The lowest BCUT2D eigenvalue weighted by Gasteiger charge is -2.30. The lowest BCUT2D eigenvalue weighted by molar-refractivity contribution is -0.907. The number of ketones is 1. The van der Waals surface area contributed by atoms with Gasteiger partial charge in [-0.25, -0.2) is 0 Å². The van der Waals surface area contributed by atoms with E-state index in [9.17, 15) is 14.7 Å². The Balaban J connectivity index is 1.67. The molecule has 0 spiro atoms. The summed E-state index contributed by atoms with van der Waals surface area (Å²) in [7, 11) is 0. The number of quaternary nitrogens is 1. The third-order valence-electron chi connectivity index (χ3n) is 6.21. The molecular weight excluding hydrogens is 456 g/mol. The van der Waals surface area contributed by atoms with Gasteiger partial charge in [-0.1, -0.05) is 48.5 Å². The van der Waals surface area contributed by atoms with Gasteiger partial charge in [0.25, 0.3) is 5.91 Å². The topological polar surface area (TPSA) is 83.3 Å². The number of nitrogens with one attached hydrogen (secondary N) is 1. The van der Waals surface area contributed by atoms with Gasteiger partial charge >= 0.3 is 0 Å². The standard InChI is InChI=1S/C26H29ClN2O5/c1-2-15-34-21-9-5-19(6-10-21)24(30)22-23(18-3-7-20(27)8-4-18)29(26(32)25(22)31)12-11-28-13-16-33-17-14-28/h3-10,23,30H,2,11-17H2,1H3. The van der Waals surface area contributed by atoms with Crippen LogP contribution in [0.3, 0.4) is 0 Å². The zero-order valence-corrected chi connectivity index (χ0v) is 20.0. The molecular formula is C26H29ClN2O5. The van der Waals surface area contributed by atoms with Gasteiger partial charge in [0.2, 0.25) is 5.78 Å². The van der Waals surface area contributed by atoms with E-state index in [1.807, 2.05) is 6.92 Å². The molecule has 1 N–H and O–H groups in total. The maximum atomic E-state index is 13.5. The van der Waals surface area contributed by atoms with Crippen molar-refractivity contribution in [1.29, 1.82) is 0 Å². The molecule has 0 aromatic heterocycles. The zero-order chi connectivity index (χ0) is 24.1. The average Bonchev–Trinajstić information content (AvgIpc) is 3.12. The van der Waals surface area contributed by atoms with E-state index in [2.05, 4.69) is 0 Å². The van der Waals surface area contributed by atoms with Crippen LogP contribution in [0.2, 0.25) is 5.02 Å². The summed E-state index contributed by atoms with van der Waals surface area (Å²) in [6, 6.07) is 12.9. The normalized spacial score (nSPS) is 20.6. The first-order valence-electron chi connectivity index (χ1n) is 11.7. The third kappa shape index (κ3) is 5.27. The van der Waals surface area contributed by atoms with Crippen LogP contribution >= 0.6 is 11.6 Å². The molecule has 1 atom stereocenters. The van der Waals surface area contributed by atoms with E-state index in [-0.39, 0.29) is 5.57 Å². The predicted octanol–water partition coefficient (Wildman–Crippen LogP) is 1.27. The maximum absolute atomic E-state index is 13.5. The van der Waals surface area contributed by atoms with Crippen molar-refractivity contribution in [3.05, 3.63) is 70.3 Å². The molecule has 2 fully saturated rings. The summed E-state index contributed by atoms with van der Waals surface area (Å²) >= 11 is 6.07. The number of morpholine rings is 1. The number of amides is 1. The monoisotopic (exact) mass is 484 g/mol. The van der Waals surface area contributed by atoms with Crippen LogP contribution in [-0.2, 0) is 14.3 Å². The molecule has 2 aromatic carbocycles. The smallest absolute Gasteiger partial charge is 0.295 e. The van der Waals surface area contributed by atoms with Gasteiger partial charge < -0.3 is 24.4 Å². The number of nitrogens with zero attached hydrogens (tertiary/aromatic N) is 1. The fourth-order valence-electron chi connectivity index (χ4n) is 4.36. The number of Topliss-reactive ketones (excluding diaryl/α,β-unsaturated/α-hetero) is 1. The van der Waals surface area contributed by atoms with Crippen LogP contribution in [0, 0.1) is 0 Å². The van der Waals surface area contributed by atoms with Gasteiger partial charge in [0.1, 0.15) is 18.8 Å². The van der Waals surface area contributed by atoms with Crippen molar-refractivity contribution in [2.24, 2.45) is 0 Å². The Kier molecular flexibility index (Phi) is 7.88. The van der Waals surface area contributed by atoms with Gasteiger partial charge in [-0.15, -0.1) is 0 Å². The molecule has 2 aromatic rings. The SMILES string of the molecule is CCCOc1ccc(C([O-])=C2C(=O)C(=O)N(CC[NH+]3CCOCC3)C2c2ccc(Cl)cc2)cc1. The highest BCUT2D eigenvalue weighted by Gasteiger charge is 2.44. The Labute approximate surface area is 204 Å². The molecule has 2 saturated heterocycles. The summed E-state index contributed by atoms with van der Waals surface area (Å²) < 4.78 is 11.0. The number of halogens is 1. The lowest BCUT2D eigenvalue weighted by atomic mass is 9.95. The maximum Gasteiger partial charge on any atom is 0.295 e. The highest BCUT2D eigenvalue weighted by atomic mass is 35.5. The number of carbonyl (C=O) groups is 2. The van der Waals surface area contributed by atoms with Crippen molar-refractivity contribution in [1.82, 2.24) is 4.90 Å². The largest absolute Gasteiger partial charge is 0.872 e. The number of hydrogen-bond acceptors (Lipinski definition) is 5. The summed E-state index contributed by atoms with van der Waals surface area (Å²) in [5.74, 6) is -1.17. The molecule has 0 aliphatic carbocycles. The van der Waals surface area contributed by atoms with Crippen molar-refractivity contribution < 1.29 is 29.1 Å². The molecule has 0 radical (unpaired) electrons. The molecule has 34 heavy (non-hydrogen) atoms. The quantitative estimate of drug-likeness (QED) is 0.346. The summed E-state index contributed by atoms with van der Waals surface area (Å²) in [6.45, 7) is 6.70. The molecule has 0 bridgehead atoms. The second-order valence-corrected chi connectivity index (χ2v) is 8.95. The molecule has 1 unspecified atom stereocenters. The van der Waals surface area contributed by atoms with E-state index in [0.717, 1.165) is 19.5 Å². The highest BCUT2D eigenvalue weighted by Crippen LogP contribution is 2.38. The van der Waals surface area contributed by atoms with E-state index in [4.69, 9.17) is 21.1 Å². The predicted molar refractivity (Wildman–Crippen MR) is 126 cm³/mol. The Morgan fingerprint density at radius 1 is 1.12 bits per heavy atom. The van der Waals surface area contributed by atoms with Crippen LogP contribution in [0.4, 0.5) is 0 Å². The van der Waals surface area contributed by atoms with Crippen molar-refractivity contribution in [2.75, 3.05) is 46.0 Å². The summed E-state index contributed by atoms with van der Waals surface area (Å²) in [5.41, 5.74) is 1.01.